The Morgan fingerprint density at radius 3 is 2.67 bits per heavy atom. The molecule has 1 heterocycles. The molecule has 1 aromatic heterocycles. The highest BCUT2D eigenvalue weighted by Crippen LogP contribution is 2.19. The Balaban J connectivity index is 2.40. The molecule has 1 atom stereocenters. The van der Waals surface area contributed by atoms with Gasteiger partial charge in [0.15, 0.2) is 0 Å². The number of nitrogens with zero attached hydrogens (tertiary/aromatic N) is 2. The number of ether oxygens (including phenoxy) is 1. The summed E-state index contributed by atoms with van der Waals surface area (Å²) >= 11 is 5.87. The van der Waals surface area contributed by atoms with Gasteiger partial charge in [-0.2, -0.15) is 5.10 Å². The lowest BCUT2D eigenvalue weighted by Gasteiger charge is -2.14. The van der Waals surface area contributed by atoms with E-state index >= 15 is 0 Å². The summed E-state index contributed by atoms with van der Waals surface area (Å²) in [5.74, 6) is 0. The molecule has 0 saturated carbocycles. The van der Waals surface area contributed by atoms with E-state index in [1.807, 2.05) is 19.1 Å². The number of methoxy groups -OCH3 is 1. The van der Waals surface area contributed by atoms with Gasteiger partial charge in [-0.05, 0) is 30.7 Å². The molecule has 6 heteroatoms. The van der Waals surface area contributed by atoms with Gasteiger partial charge in [-0.15, -0.1) is 0 Å². The SMILES string of the molecule is COCCn1nc(C)cc(C(N)c2ccc(Cl)cc2)c1=O. The number of hydrogen-bond donors (Lipinski definition) is 1. The van der Waals surface area contributed by atoms with Crippen LogP contribution in [0.1, 0.15) is 22.9 Å². The summed E-state index contributed by atoms with van der Waals surface area (Å²) in [6.07, 6.45) is 0. The van der Waals surface area contributed by atoms with Gasteiger partial charge >= 0.3 is 0 Å². The van der Waals surface area contributed by atoms with E-state index in [9.17, 15) is 4.79 Å². The topological polar surface area (TPSA) is 70.1 Å². The fraction of sp³-hybridized carbons (Fsp3) is 0.333. The highest BCUT2D eigenvalue weighted by Gasteiger charge is 2.15. The minimum atomic E-state index is -0.509. The first-order valence-electron chi connectivity index (χ1n) is 6.61. The molecule has 1 unspecified atom stereocenters. The molecule has 0 aliphatic carbocycles. The number of hydrogen-bond acceptors (Lipinski definition) is 4. The zero-order valence-corrected chi connectivity index (χ0v) is 12.8. The molecule has 0 amide bonds. The molecule has 0 fully saturated rings. The monoisotopic (exact) mass is 307 g/mol. The number of benzene rings is 1. The van der Waals surface area contributed by atoms with Crippen molar-refractivity contribution < 1.29 is 4.74 Å². The zero-order valence-electron chi connectivity index (χ0n) is 12.0. The third-order valence-electron chi connectivity index (χ3n) is 3.20. The molecule has 0 bridgehead atoms. The fourth-order valence-corrected chi connectivity index (χ4v) is 2.23. The maximum atomic E-state index is 12.4. The van der Waals surface area contributed by atoms with Crippen LogP contribution in [0.4, 0.5) is 0 Å². The fourth-order valence-electron chi connectivity index (χ4n) is 2.10. The lowest BCUT2D eigenvalue weighted by atomic mass is 10.0. The van der Waals surface area contributed by atoms with Gasteiger partial charge in [0.1, 0.15) is 0 Å². The summed E-state index contributed by atoms with van der Waals surface area (Å²) in [6, 6.07) is 8.38. The first-order valence-corrected chi connectivity index (χ1v) is 6.99. The molecular formula is C15H18ClN3O2. The minimum absolute atomic E-state index is 0.194. The van der Waals surface area contributed by atoms with Gasteiger partial charge in [0.25, 0.3) is 5.56 Å². The van der Waals surface area contributed by atoms with E-state index in [0.717, 1.165) is 11.3 Å². The van der Waals surface area contributed by atoms with Crippen LogP contribution < -0.4 is 11.3 Å². The third-order valence-corrected chi connectivity index (χ3v) is 3.45. The smallest absolute Gasteiger partial charge is 0.271 e. The lowest BCUT2D eigenvalue weighted by Crippen LogP contribution is -2.32. The van der Waals surface area contributed by atoms with E-state index in [2.05, 4.69) is 5.10 Å². The first kappa shape index (κ1) is 15.7. The normalized spacial score (nSPS) is 12.4. The van der Waals surface area contributed by atoms with Crippen molar-refractivity contribution in [2.75, 3.05) is 13.7 Å². The molecule has 0 radical (unpaired) electrons. The van der Waals surface area contributed by atoms with Crippen molar-refractivity contribution in [2.24, 2.45) is 5.73 Å². The van der Waals surface area contributed by atoms with E-state index < -0.39 is 6.04 Å². The molecule has 0 aliphatic heterocycles. The van der Waals surface area contributed by atoms with Crippen molar-refractivity contribution >= 4 is 11.6 Å². The summed E-state index contributed by atoms with van der Waals surface area (Å²) in [7, 11) is 1.58. The van der Waals surface area contributed by atoms with E-state index in [-0.39, 0.29) is 5.56 Å². The second-order valence-corrected chi connectivity index (χ2v) is 5.23. The Morgan fingerprint density at radius 2 is 2.05 bits per heavy atom. The van der Waals surface area contributed by atoms with Gasteiger partial charge in [-0.1, -0.05) is 23.7 Å². The molecule has 0 saturated heterocycles. The number of rotatable bonds is 5. The standard InChI is InChI=1S/C15H18ClN3O2/c1-10-9-13(15(20)19(18-10)7-8-21-2)14(17)11-3-5-12(16)6-4-11/h3-6,9,14H,7-8,17H2,1-2H3. The van der Waals surface area contributed by atoms with Crippen LogP contribution in [0, 0.1) is 6.92 Å². The largest absolute Gasteiger partial charge is 0.383 e. The summed E-state index contributed by atoms with van der Waals surface area (Å²) in [4.78, 5) is 12.4. The van der Waals surface area contributed by atoms with E-state index in [4.69, 9.17) is 22.1 Å². The molecule has 21 heavy (non-hydrogen) atoms. The second-order valence-electron chi connectivity index (χ2n) is 4.79. The van der Waals surface area contributed by atoms with Gasteiger partial charge in [-0.3, -0.25) is 4.79 Å². The van der Waals surface area contributed by atoms with Crippen molar-refractivity contribution in [3.8, 4) is 0 Å². The number of aryl methyl sites for hydroxylation is 1. The summed E-state index contributed by atoms with van der Waals surface area (Å²) in [5, 5.41) is 4.84. The van der Waals surface area contributed by atoms with E-state index in [0.29, 0.717) is 23.7 Å². The van der Waals surface area contributed by atoms with Crippen LogP contribution in [0.3, 0.4) is 0 Å². The molecule has 112 valence electrons. The van der Waals surface area contributed by atoms with Crippen molar-refractivity contribution in [3.63, 3.8) is 0 Å². The van der Waals surface area contributed by atoms with Crippen LogP contribution in [0.5, 0.6) is 0 Å². The van der Waals surface area contributed by atoms with Gasteiger partial charge in [0, 0.05) is 17.7 Å². The third kappa shape index (κ3) is 3.69. The Labute approximate surface area is 128 Å². The van der Waals surface area contributed by atoms with Crippen LogP contribution >= 0.6 is 11.6 Å². The molecule has 2 N–H and O–H groups in total. The Kier molecular flexibility index (Phi) is 5.12. The van der Waals surface area contributed by atoms with Gasteiger partial charge in [0.05, 0.1) is 24.9 Å². The Hall–Kier alpha value is -1.69. The molecule has 1 aromatic carbocycles. The van der Waals surface area contributed by atoms with Gasteiger partial charge < -0.3 is 10.5 Å². The second kappa shape index (κ2) is 6.85. The van der Waals surface area contributed by atoms with E-state index in [1.165, 1.54) is 4.68 Å². The summed E-state index contributed by atoms with van der Waals surface area (Å²) in [6.45, 7) is 2.66. The molecule has 0 spiro atoms. The maximum absolute atomic E-state index is 12.4. The zero-order chi connectivity index (χ0) is 15.4. The average Bonchev–Trinajstić information content (AvgIpc) is 2.48. The summed E-state index contributed by atoms with van der Waals surface area (Å²) in [5.41, 5.74) is 8.11. The molecule has 2 rings (SSSR count). The number of halogens is 1. The molecule has 2 aromatic rings. The van der Waals surface area contributed by atoms with Crippen molar-refractivity contribution in [1.82, 2.24) is 9.78 Å². The number of aromatic nitrogens is 2. The summed E-state index contributed by atoms with van der Waals surface area (Å²) < 4.78 is 6.39. The average molecular weight is 308 g/mol. The van der Waals surface area contributed by atoms with Crippen LogP contribution in [-0.4, -0.2) is 23.5 Å². The molecule has 0 aliphatic rings. The molecule has 5 nitrogen and oxygen atoms in total. The quantitative estimate of drug-likeness (QED) is 0.916. The van der Waals surface area contributed by atoms with Crippen LogP contribution in [-0.2, 0) is 11.3 Å². The maximum Gasteiger partial charge on any atom is 0.271 e. The first-order chi connectivity index (χ1) is 10.0. The van der Waals surface area contributed by atoms with Crippen molar-refractivity contribution in [3.05, 3.63) is 62.5 Å². The van der Waals surface area contributed by atoms with Gasteiger partial charge in [-0.25, -0.2) is 4.68 Å². The van der Waals surface area contributed by atoms with Crippen LogP contribution in [0.2, 0.25) is 5.02 Å². The highest BCUT2D eigenvalue weighted by atomic mass is 35.5. The Bertz CT molecular complexity index is 668. The molecular weight excluding hydrogens is 290 g/mol. The van der Waals surface area contributed by atoms with Crippen LogP contribution in [0.15, 0.2) is 35.1 Å². The predicted molar refractivity (Wildman–Crippen MR) is 82.6 cm³/mol. The predicted octanol–water partition coefficient (Wildman–Crippen LogP) is 1.90. The highest BCUT2D eigenvalue weighted by molar-refractivity contribution is 6.30. The van der Waals surface area contributed by atoms with E-state index in [1.54, 1.807) is 25.3 Å². The lowest BCUT2D eigenvalue weighted by molar-refractivity contribution is 0.181. The number of nitrogens with two attached hydrogens (primary N) is 1. The van der Waals surface area contributed by atoms with Crippen molar-refractivity contribution in [1.29, 1.82) is 0 Å². The van der Waals surface area contributed by atoms with Crippen molar-refractivity contribution in [2.45, 2.75) is 19.5 Å². The Morgan fingerprint density at radius 1 is 1.38 bits per heavy atom. The van der Waals surface area contributed by atoms with Crippen LogP contribution in [0.25, 0.3) is 0 Å². The van der Waals surface area contributed by atoms with Gasteiger partial charge in [0.2, 0.25) is 0 Å². The minimum Gasteiger partial charge on any atom is -0.383 e.